The number of carbonyl (C=O) groups excluding carboxylic acids is 1. The summed E-state index contributed by atoms with van der Waals surface area (Å²) in [4.78, 5) is 15.8. The van der Waals surface area contributed by atoms with Gasteiger partial charge in [-0.3, -0.25) is 0 Å². The van der Waals surface area contributed by atoms with Crippen LogP contribution in [0.5, 0.6) is 0 Å². The maximum absolute atomic E-state index is 11.4. The normalized spacial score (nSPS) is 10.3. The summed E-state index contributed by atoms with van der Waals surface area (Å²) in [6, 6.07) is 11.8. The summed E-state index contributed by atoms with van der Waals surface area (Å²) in [6.07, 6.45) is 1.48. The van der Waals surface area contributed by atoms with Gasteiger partial charge in [-0.25, -0.2) is 4.79 Å². The summed E-state index contributed by atoms with van der Waals surface area (Å²) in [7, 11) is 1.34. The fraction of sp³-hybridized carbons (Fsp3) is 0.0588. The topological polar surface area (TPSA) is 89.0 Å². The molecule has 0 spiro atoms. The van der Waals surface area contributed by atoms with E-state index in [4.69, 9.17) is 23.2 Å². The third-order valence-electron chi connectivity index (χ3n) is 3.31. The Bertz CT molecular complexity index is 935. The molecule has 7 nitrogen and oxygen atoms in total. The van der Waals surface area contributed by atoms with E-state index in [0.29, 0.717) is 27.1 Å². The van der Waals surface area contributed by atoms with Crippen LogP contribution in [0.15, 0.2) is 48.7 Å². The molecule has 0 amide bonds. The minimum Gasteiger partial charge on any atom is -0.465 e. The molecule has 0 aliphatic heterocycles. The second-order valence-corrected chi connectivity index (χ2v) is 5.95. The van der Waals surface area contributed by atoms with E-state index >= 15 is 0 Å². The van der Waals surface area contributed by atoms with Gasteiger partial charge >= 0.3 is 5.97 Å². The molecular formula is C17H13Cl2N5O2. The maximum atomic E-state index is 11.4. The van der Waals surface area contributed by atoms with Crippen LogP contribution in [0.25, 0.3) is 0 Å². The number of halogens is 2. The summed E-state index contributed by atoms with van der Waals surface area (Å²) in [5.74, 6) is 0.343. The van der Waals surface area contributed by atoms with Gasteiger partial charge < -0.3 is 15.4 Å². The minimum atomic E-state index is -0.397. The molecule has 0 radical (unpaired) electrons. The SMILES string of the molecule is COC(=O)c1ccc(Nc2cnnc(Nc3ccc(Cl)cc3Cl)n2)cc1. The smallest absolute Gasteiger partial charge is 0.337 e. The van der Waals surface area contributed by atoms with Crippen molar-refractivity contribution in [1.29, 1.82) is 0 Å². The van der Waals surface area contributed by atoms with Crippen LogP contribution in [0.4, 0.5) is 23.1 Å². The van der Waals surface area contributed by atoms with Gasteiger partial charge in [0.1, 0.15) is 0 Å². The molecule has 9 heteroatoms. The molecule has 0 aliphatic rings. The van der Waals surface area contributed by atoms with Gasteiger partial charge in [0.05, 0.1) is 29.6 Å². The number of nitrogens with one attached hydrogen (secondary N) is 2. The number of anilines is 4. The molecule has 26 heavy (non-hydrogen) atoms. The number of methoxy groups -OCH3 is 1. The van der Waals surface area contributed by atoms with Crippen LogP contribution in [0, 0.1) is 0 Å². The minimum absolute atomic E-state index is 0.269. The standard InChI is InChI=1S/C17H13Cl2N5O2/c1-26-16(25)10-2-5-12(6-3-10)21-15-9-20-24-17(23-15)22-14-7-4-11(18)8-13(14)19/h2-9H,1H3,(H2,21,22,23,24). The summed E-state index contributed by atoms with van der Waals surface area (Å²) >= 11 is 12.0. The van der Waals surface area contributed by atoms with E-state index in [1.54, 1.807) is 42.5 Å². The van der Waals surface area contributed by atoms with E-state index in [2.05, 4.69) is 30.6 Å². The monoisotopic (exact) mass is 389 g/mol. The van der Waals surface area contributed by atoms with Gasteiger partial charge in [0.2, 0.25) is 5.95 Å². The van der Waals surface area contributed by atoms with Crippen molar-refractivity contribution in [2.75, 3.05) is 17.7 Å². The summed E-state index contributed by atoms with van der Waals surface area (Å²) < 4.78 is 4.67. The van der Waals surface area contributed by atoms with Crippen LogP contribution in [0.1, 0.15) is 10.4 Å². The lowest BCUT2D eigenvalue weighted by molar-refractivity contribution is 0.0601. The highest BCUT2D eigenvalue weighted by atomic mass is 35.5. The van der Waals surface area contributed by atoms with Crippen LogP contribution >= 0.6 is 23.2 Å². The highest BCUT2D eigenvalue weighted by Gasteiger charge is 2.07. The Morgan fingerprint density at radius 1 is 1.08 bits per heavy atom. The second-order valence-electron chi connectivity index (χ2n) is 5.11. The van der Waals surface area contributed by atoms with Crippen molar-refractivity contribution < 1.29 is 9.53 Å². The van der Waals surface area contributed by atoms with Gasteiger partial charge in [-0.15, -0.1) is 5.10 Å². The lowest BCUT2D eigenvalue weighted by atomic mass is 10.2. The first-order valence-corrected chi connectivity index (χ1v) is 8.18. The number of benzene rings is 2. The zero-order valence-corrected chi connectivity index (χ0v) is 15.0. The van der Waals surface area contributed by atoms with E-state index in [-0.39, 0.29) is 5.95 Å². The zero-order valence-electron chi connectivity index (χ0n) is 13.5. The molecule has 3 aromatic rings. The lowest BCUT2D eigenvalue weighted by Crippen LogP contribution is -2.03. The molecule has 0 aliphatic carbocycles. The predicted molar refractivity (Wildman–Crippen MR) is 101 cm³/mol. The lowest BCUT2D eigenvalue weighted by Gasteiger charge is -2.09. The number of nitrogens with zero attached hydrogens (tertiary/aromatic N) is 3. The van der Waals surface area contributed by atoms with Gasteiger partial charge in [0.25, 0.3) is 0 Å². The molecule has 0 saturated heterocycles. The Balaban J connectivity index is 1.74. The first kappa shape index (κ1) is 17.9. The number of rotatable bonds is 5. The molecule has 3 rings (SSSR count). The molecule has 1 aromatic heterocycles. The Morgan fingerprint density at radius 3 is 2.54 bits per heavy atom. The highest BCUT2D eigenvalue weighted by Crippen LogP contribution is 2.27. The highest BCUT2D eigenvalue weighted by molar-refractivity contribution is 6.36. The fourth-order valence-corrected chi connectivity index (χ4v) is 2.54. The van der Waals surface area contributed by atoms with Crippen molar-refractivity contribution in [2.24, 2.45) is 0 Å². The number of hydrogen-bond donors (Lipinski definition) is 2. The van der Waals surface area contributed by atoms with E-state index in [1.807, 2.05) is 0 Å². The zero-order chi connectivity index (χ0) is 18.5. The van der Waals surface area contributed by atoms with E-state index in [1.165, 1.54) is 13.3 Å². The predicted octanol–water partition coefficient (Wildman–Crippen LogP) is 4.45. The largest absolute Gasteiger partial charge is 0.465 e. The Labute approximate surface area is 159 Å². The van der Waals surface area contributed by atoms with Gasteiger partial charge in [-0.2, -0.15) is 10.1 Å². The van der Waals surface area contributed by atoms with Crippen molar-refractivity contribution in [1.82, 2.24) is 15.2 Å². The van der Waals surface area contributed by atoms with E-state index in [9.17, 15) is 4.79 Å². The summed E-state index contributed by atoms with van der Waals surface area (Å²) in [5.41, 5.74) is 1.80. The van der Waals surface area contributed by atoms with Crippen molar-refractivity contribution in [2.45, 2.75) is 0 Å². The first-order chi connectivity index (χ1) is 12.5. The van der Waals surface area contributed by atoms with Gasteiger partial charge in [0.15, 0.2) is 5.82 Å². The molecule has 0 saturated carbocycles. The molecular weight excluding hydrogens is 377 g/mol. The van der Waals surface area contributed by atoms with Crippen LogP contribution in [0.2, 0.25) is 10.0 Å². The quantitative estimate of drug-likeness (QED) is 0.622. The third kappa shape index (κ3) is 4.38. The first-order valence-electron chi connectivity index (χ1n) is 7.42. The van der Waals surface area contributed by atoms with Crippen LogP contribution in [-0.4, -0.2) is 28.3 Å². The fourth-order valence-electron chi connectivity index (χ4n) is 2.08. The van der Waals surface area contributed by atoms with Crippen molar-refractivity contribution in [3.05, 3.63) is 64.3 Å². The Hall–Kier alpha value is -2.90. The third-order valence-corrected chi connectivity index (χ3v) is 3.86. The number of carbonyl (C=O) groups is 1. The molecule has 132 valence electrons. The van der Waals surface area contributed by atoms with Crippen molar-refractivity contribution >= 4 is 52.3 Å². The molecule has 0 fully saturated rings. The maximum Gasteiger partial charge on any atom is 0.337 e. The summed E-state index contributed by atoms with van der Waals surface area (Å²) in [5, 5.41) is 14.9. The van der Waals surface area contributed by atoms with Gasteiger partial charge in [0, 0.05) is 10.7 Å². The second kappa shape index (κ2) is 7.99. The molecule has 1 heterocycles. The number of aromatic nitrogens is 3. The van der Waals surface area contributed by atoms with Gasteiger partial charge in [-0.1, -0.05) is 23.2 Å². The molecule has 0 atom stereocenters. The summed E-state index contributed by atoms with van der Waals surface area (Å²) in [6.45, 7) is 0. The van der Waals surface area contributed by atoms with Crippen LogP contribution in [0.3, 0.4) is 0 Å². The average molecular weight is 390 g/mol. The molecule has 0 unspecified atom stereocenters. The average Bonchev–Trinajstić information content (AvgIpc) is 2.64. The Kier molecular flexibility index (Phi) is 5.50. The van der Waals surface area contributed by atoms with Crippen molar-refractivity contribution in [3.63, 3.8) is 0 Å². The van der Waals surface area contributed by atoms with Gasteiger partial charge in [-0.05, 0) is 42.5 Å². The van der Waals surface area contributed by atoms with E-state index < -0.39 is 5.97 Å². The number of esters is 1. The van der Waals surface area contributed by atoms with Crippen LogP contribution < -0.4 is 10.6 Å². The molecule has 2 aromatic carbocycles. The van der Waals surface area contributed by atoms with E-state index in [0.717, 1.165) is 5.69 Å². The molecule has 0 bridgehead atoms. The molecule has 2 N–H and O–H groups in total. The Morgan fingerprint density at radius 2 is 1.85 bits per heavy atom. The number of ether oxygens (including phenoxy) is 1. The van der Waals surface area contributed by atoms with Crippen LogP contribution in [-0.2, 0) is 4.74 Å². The number of hydrogen-bond acceptors (Lipinski definition) is 7. The van der Waals surface area contributed by atoms with Crippen molar-refractivity contribution in [3.8, 4) is 0 Å².